The van der Waals surface area contributed by atoms with E-state index >= 15 is 0 Å². The third kappa shape index (κ3) is 3.49. The number of hydrogen-bond acceptors (Lipinski definition) is 3. The smallest absolute Gasteiger partial charge is 0.430 e. The predicted octanol–water partition coefficient (Wildman–Crippen LogP) is 0.564. The van der Waals surface area contributed by atoms with Gasteiger partial charge in [-0.1, -0.05) is 0 Å². The van der Waals surface area contributed by atoms with Crippen molar-refractivity contribution in [2.75, 3.05) is 7.11 Å². The Kier molecular flexibility index (Phi) is 2.91. The van der Waals surface area contributed by atoms with E-state index < -0.39 is 17.8 Å². The average molecular weight is 169 g/mol. The highest BCUT2D eigenvalue weighted by Gasteiger charge is 2.32. The molecule has 0 atom stereocenters. The second-order valence-corrected chi connectivity index (χ2v) is 1.62. The number of alkyl halides is 3. The van der Waals surface area contributed by atoms with Crippen LogP contribution < -0.4 is 5.73 Å². The van der Waals surface area contributed by atoms with Gasteiger partial charge in [0, 0.05) is 0 Å². The molecule has 0 heterocycles. The number of methoxy groups -OCH3 is 1. The van der Waals surface area contributed by atoms with Crippen LogP contribution in [0.15, 0.2) is 11.8 Å². The van der Waals surface area contributed by atoms with E-state index in [0.717, 1.165) is 7.11 Å². The van der Waals surface area contributed by atoms with Gasteiger partial charge in [-0.15, -0.1) is 0 Å². The van der Waals surface area contributed by atoms with Crippen LogP contribution in [0.2, 0.25) is 0 Å². The quantitative estimate of drug-likeness (QED) is 0.461. The number of rotatable bonds is 1. The van der Waals surface area contributed by atoms with E-state index in [9.17, 15) is 18.0 Å². The minimum absolute atomic E-state index is 0.181. The van der Waals surface area contributed by atoms with E-state index in [0.29, 0.717) is 0 Å². The first-order valence-corrected chi connectivity index (χ1v) is 2.50. The molecular formula is C5H6F3NO2. The average Bonchev–Trinajstić information content (AvgIpc) is 1.85. The van der Waals surface area contributed by atoms with Gasteiger partial charge in [-0.25, -0.2) is 4.79 Å². The third-order valence-electron chi connectivity index (χ3n) is 0.802. The van der Waals surface area contributed by atoms with Gasteiger partial charge in [-0.05, 0) is 0 Å². The van der Waals surface area contributed by atoms with Crippen molar-refractivity contribution in [3.05, 3.63) is 11.8 Å². The summed E-state index contributed by atoms with van der Waals surface area (Å²) in [5.41, 5.74) is 2.99. The number of esters is 1. The van der Waals surface area contributed by atoms with Crippen LogP contribution in [0.5, 0.6) is 0 Å². The van der Waals surface area contributed by atoms with E-state index in [4.69, 9.17) is 0 Å². The molecule has 0 spiro atoms. The fraction of sp³-hybridized carbons (Fsp3) is 0.400. The van der Waals surface area contributed by atoms with E-state index in [2.05, 4.69) is 10.5 Å². The van der Waals surface area contributed by atoms with E-state index in [1.165, 1.54) is 0 Å². The van der Waals surface area contributed by atoms with Gasteiger partial charge in [-0.3, -0.25) is 0 Å². The van der Waals surface area contributed by atoms with Gasteiger partial charge in [0.2, 0.25) is 0 Å². The molecule has 0 aromatic heterocycles. The van der Waals surface area contributed by atoms with Crippen molar-refractivity contribution >= 4 is 5.97 Å². The molecule has 0 aliphatic rings. The topological polar surface area (TPSA) is 52.3 Å². The summed E-state index contributed by atoms with van der Waals surface area (Å²) in [6.07, 6.45) is -4.49. The minimum atomic E-state index is -4.67. The summed E-state index contributed by atoms with van der Waals surface area (Å²) in [7, 11) is 0.961. The summed E-state index contributed by atoms with van der Waals surface area (Å²) < 4.78 is 38.6. The number of allylic oxidation sites excluding steroid dienone is 1. The van der Waals surface area contributed by atoms with Crippen molar-refractivity contribution in [2.45, 2.75) is 6.18 Å². The molecule has 0 aromatic carbocycles. The van der Waals surface area contributed by atoms with Crippen molar-refractivity contribution in [2.24, 2.45) is 5.73 Å². The van der Waals surface area contributed by atoms with Gasteiger partial charge < -0.3 is 10.5 Å². The van der Waals surface area contributed by atoms with Gasteiger partial charge in [0.1, 0.15) is 5.70 Å². The number of hydrogen-bond donors (Lipinski definition) is 1. The normalized spacial score (nSPS) is 12.9. The maximum Gasteiger partial charge on any atom is 0.430 e. The molecule has 0 aliphatic carbocycles. The maximum atomic E-state index is 11.5. The fourth-order valence-corrected chi connectivity index (χ4v) is 0.268. The summed E-state index contributed by atoms with van der Waals surface area (Å²) in [4.78, 5) is 10.2. The second-order valence-electron chi connectivity index (χ2n) is 1.62. The van der Waals surface area contributed by atoms with Crippen LogP contribution >= 0.6 is 0 Å². The Morgan fingerprint density at radius 2 is 2.00 bits per heavy atom. The molecule has 0 saturated carbocycles. The zero-order valence-corrected chi connectivity index (χ0v) is 5.61. The third-order valence-corrected chi connectivity index (χ3v) is 0.802. The van der Waals surface area contributed by atoms with Gasteiger partial charge in [0.05, 0.1) is 13.2 Å². The zero-order chi connectivity index (χ0) is 9.07. The largest absolute Gasteiger partial charge is 0.466 e. The van der Waals surface area contributed by atoms with Crippen LogP contribution in [-0.4, -0.2) is 19.3 Å². The molecule has 0 aromatic rings. The highest BCUT2D eigenvalue weighted by molar-refractivity contribution is 5.82. The first kappa shape index (κ1) is 9.80. The molecule has 64 valence electrons. The molecule has 0 fully saturated rings. The molecule has 3 nitrogen and oxygen atoms in total. The Balaban J connectivity index is 4.35. The molecule has 11 heavy (non-hydrogen) atoms. The number of nitrogens with two attached hydrogens (primary N) is 1. The maximum absolute atomic E-state index is 11.5. The second kappa shape index (κ2) is 3.27. The van der Waals surface area contributed by atoms with E-state index in [1.54, 1.807) is 0 Å². The number of halogens is 3. The van der Waals surface area contributed by atoms with E-state index in [-0.39, 0.29) is 6.08 Å². The van der Waals surface area contributed by atoms with Crippen molar-refractivity contribution in [3.8, 4) is 0 Å². The van der Waals surface area contributed by atoms with Crippen LogP contribution in [0.4, 0.5) is 13.2 Å². The molecule has 0 unspecified atom stereocenters. The number of carbonyl (C=O) groups excluding carboxylic acids is 1. The SMILES string of the molecule is COC(=O)/C=C(\N)C(F)(F)F. The molecule has 6 heteroatoms. The first-order chi connectivity index (χ1) is 4.88. The lowest BCUT2D eigenvalue weighted by Gasteiger charge is -2.04. The first-order valence-electron chi connectivity index (χ1n) is 2.50. The highest BCUT2D eigenvalue weighted by Crippen LogP contribution is 2.20. The molecule has 0 saturated heterocycles. The fourth-order valence-electron chi connectivity index (χ4n) is 0.268. The number of carbonyl (C=O) groups is 1. The Bertz CT molecular complexity index is 185. The minimum Gasteiger partial charge on any atom is -0.466 e. The molecule has 0 rings (SSSR count). The Morgan fingerprint density at radius 3 is 2.27 bits per heavy atom. The summed E-state index contributed by atoms with van der Waals surface area (Å²) in [6, 6.07) is 0. The Hall–Kier alpha value is -1.20. The standard InChI is InChI=1S/C5H6F3NO2/c1-11-4(10)2-3(9)5(6,7)8/h2H,9H2,1H3/b3-2-. The van der Waals surface area contributed by atoms with Crippen LogP contribution in [0.25, 0.3) is 0 Å². The van der Waals surface area contributed by atoms with Gasteiger partial charge in [0.25, 0.3) is 0 Å². The summed E-state index contributed by atoms with van der Waals surface area (Å²) in [6.45, 7) is 0. The summed E-state index contributed by atoms with van der Waals surface area (Å²) in [5.74, 6) is -1.13. The van der Waals surface area contributed by atoms with Crippen molar-refractivity contribution in [1.29, 1.82) is 0 Å². The van der Waals surface area contributed by atoms with E-state index in [1.807, 2.05) is 0 Å². The van der Waals surface area contributed by atoms with Gasteiger partial charge >= 0.3 is 12.1 Å². The lowest BCUT2D eigenvalue weighted by Crippen LogP contribution is -2.20. The molecule has 0 bridgehead atoms. The van der Waals surface area contributed by atoms with Crippen molar-refractivity contribution in [1.82, 2.24) is 0 Å². The van der Waals surface area contributed by atoms with Gasteiger partial charge in [-0.2, -0.15) is 13.2 Å². The summed E-state index contributed by atoms with van der Waals surface area (Å²) >= 11 is 0. The van der Waals surface area contributed by atoms with Crippen molar-refractivity contribution < 1.29 is 22.7 Å². The van der Waals surface area contributed by atoms with Crippen LogP contribution in [0.1, 0.15) is 0 Å². The molecule has 0 aliphatic heterocycles. The molecule has 0 amide bonds. The lowest BCUT2D eigenvalue weighted by molar-refractivity contribution is -0.136. The monoisotopic (exact) mass is 169 g/mol. The van der Waals surface area contributed by atoms with Crippen LogP contribution in [-0.2, 0) is 9.53 Å². The molecular weight excluding hydrogens is 163 g/mol. The van der Waals surface area contributed by atoms with Gasteiger partial charge in [0.15, 0.2) is 0 Å². The number of ether oxygens (including phenoxy) is 1. The van der Waals surface area contributed by atoms with Crippen molar-refractivity contribution in [3.63, 3.8) is 0 Å². The molecule has 2 N–H and O–H groups in total. The van der Waals surface area contributed by atoms with Crippen LogP contribution in [0.3, 0.4) is 0 Å². The zero-order valence-electron chi connectivity index (χ0n) is 5.61. The lowest BCUT2D eigenvalue weighted by atomic mass is 10.4. The van der Waals surface area contributed by atoms with Crippen LogP contribution in [0, 0.1) is 0 Å². The molecule has 0 radical (unpaired) electrons. The highest BCUT2D eigenvalue weighted by atomic mass is 19.4. The predicted molar refractivity (Wildman–Crippen MR) is 30.3 cm³/mol. The Labute approximate surface area is 60.6 Å². The Morgan fingerprint density at radius 1 is 1.55 bits per heavy atom. The summed E-state index contributed by atoms with van der Waals surface area (Å²) in [5, 5.41) is 0.